The van der Waals surface area contributed by atoms with Gasteiger partial charge in [-0.25, -0.2) is 4.39 Å². The van der Waals surface area contributed by atoms with E-state index in [2.05, 4.69) is 15.7 Å². The van der Waals surface area contributed by atoms with E-state index < -0.39 is 17.4 Å². The van der Waals surface area contributed by atoms with E-state index in [0.717, 1.165) is 25.7 Å². The predicted molar refractivity (Wildman–Crippen MR) is 118 cm³/mol. The first kappa shape index (κ1) is 21.8. The number of hydrogen-bond acceptors (Lipinski definition) is 3. The van der Waals surface area contributed by atoms with Crippen molar-refractivity contribution in [3.05, 3.63) is 29.7 Å². The minimum atomic E-state index is -0.701. The number of carbonyl (C=O) groups is 2. The van der Waals surface area contributed by atoms with Gasteiger partial charge in [-0.1, -0.05) is 52.2 Å². The zero-order valence-corrected chi connectivity index (χ0v) is 18.7. The van der Waals surface area contributed by atoms with Crippen molar-refractivity contribution >= 4 is 22.7 Å². The molecule has 6 nitrogen and oxygen atoms in total. The van der Waals surface area contributed by atoms with Crippen LogP contribution in [0.15, 0.2) is 18.2 Å². The van der Waals surface area contributed by atoms with Crippen molar-refractivity contribution in [3.63, 3.8) is 0 Å². The molecule has 0 aliphatic heterocycles. The first-order chi connectivity index (χ1) is 14.7. The molecule has 0 radical (unpaired) electrons. The van der Waals surface area contributed by atoms with E-state index in [9.17, 15) is 14.0 Å². The monoisotopic (exact) mass is 428 g/mol. The molecule has 1 atom stereocenters. The highest BCUT2D eigenvalue weighted by molar-refractivity contribution is 6.06. The summed E-state index contributed by atoms with van der Waals surface area (Å²) in [5.41, 5.74) is 0.0760. The quantitative estimate of drug-likeness (QED) is 0.725. The van der Waals surface area contributed by atoms with Crippen molar-refractivity contribution in [1.82, 2.24) is 20.4 Å². The molecule has 1 heterocycles. The van der Waals surface area contributed by atoms with Crippen LogP contribution in [-0.2, 0) is 11.3 Å². The maximum absolute atomic E-state index is 14.8. The number of nitrogens with one attached hydrogen (secondary N) is 2. The highest BCUT2D eigenvalue weighted by atomic mass is 19.1. The van der Waals surface area contributed by atoms with Crippen LogP contribution in [0.5, 0.6) is 0 Å². The molecule has 7 heteroatoms. The zero-order valence-electron chi connectivity index (χ0n) is 18.7. The summed E-state index contributed by atoms with van der Waals surface area (Å²) >= 11 is 0. The first-order valence-electron chi connectivity index (χ1n) is 11.5. The topological polar surface area (TPSA) is 76.0 Å². The fraction of sp³-hybridized carbons (Fsp3) is 0.625. The molecule has 2 amide bonds. The smallest absolute Gasteiger partial charge is 0.273 e. The van der Waals surface area contributed by atoms with Crippen LogP contribution in [0.3, 0.4) is 0 Å². The molecule has 2 aliphatic rings. The third-order valence-electron chi connectivity index (χ3n) is 6.42. The SMILES string of the molecule is CC(C)(C)[C@H](NC(=O)c1nn(CC2CCCCC2)c2c(F)cccc12)C(=O)NC1CC1. The van der Waals surface area contributed by atoms with E-state index >= 15 is 0 Å². The van der Waals surface area contributed by atoms with Gasteiger partial charge in [0, 0.05) is 18.0 Å². The standard InChI is InChI=1S/C24H33FN4O2/c1-24(2,3)21(23(31)26-16-12-13-16)27-22(30)19-17-10-7-11-18(25)20(17)29(28-19)14-15-8-5-4-6-9-15/h7,10-11,15-16,21H,4-6,8-9,12-14H2,1-3H3,(H,26,31)(H,27,30)/t21-/m1/s1. The van der Waals surface area contributed by atoms with Crippen LogP contribution in [0.4, 0.5) is 4.39 Å². The third-order valence-corrected chi connectivity index (χ3v) is 6.42. The molecule has 2 aromatic rings. The number of halogens is 1. The first-order valence-corrected chi connectivity index (χ1v) is 11.5. The number of benzene rings is 1. The molecule has 2 fully saturated rings. The molecule has 2 aliphatic carbocycles. The van der Waals surface area contributed by atoms with Crippen LogP contribution < -0.4 is 10.6 Å². The van der Waals surface area contributed by atoms with Crippen molar-refractivity contribution in [2.24, 2.45) is 11.3 Å². The van der Waals surface area contributed by atoms with Crippen LogP contribution in [0, 0.1) is 17.2 Å². The maximum Gasteiger partial charge on any atom is 0.273 e. The van der Waals surface area contributed by atoms with Gasteiger partial charge in [0.05, 0.1) is 0 Å². The molecule has 2 N–H and O–H groups in total. The van der Waals surface area contributed by atoms with Crippen molar-refractivity contribution in [3.8, 4) is 0 Å². The van der Waals surface area contributed by atoms with Crippen LogP contribution in [0.25, 0.3) is 10.9 Å². The summed E-state index contributed by atoms with van der Waals surface area (Å²) in [6, 6.07) is 4.24. The normalized spacial score (nSPS) is 18.7. The average molecular weight is 429 g/mol. The largest absolute Gasteiger partial charge is 0.352 e. The minimum absolute atomic E-state index is 0.179. The molecule has 0 unspecified atom stereocenters. The van der Waals surface area contributed by atoms with Crippen molar-refractivity contribution in [2.75, 3.05) is 0 Å². The van der Waals surface area contributed by atoms with Gasteiger partial charge in [0.25, 0.3) is 5.91 Å². The van der Waals surface area contributed by atoms with Crippen LogP contribution >= 0.6 is 0 Å². The zero-order chi connectivity index (χ0) is 22.2. The maximum atomic E-state index is 14.8. The minimum Gasteiger partial charge on any atom is -0.352 e. The van der Waals surface area contributed by atoms with Gasteiger partial charge in [-0.2, -0.15) is 5.10 Å². The Bertz CT molecular complexity index is 968. The number of amides is 2. The summed E-state index contributed by atoms with van der Waals surface area (Å²) in [7, 11) is 0. The van der Waals surface area contributed by atoms with Crippen LogP contribution in [-0.4, -0.2) is 33.7 Å². The molecule has 1 aromatic carbocycles. The molecule has 0 bridgehead atoms. The molecule has 0 spiro atoms. The van der Waals surface area contributed by atoms with E-state index in [4.69, 9.17) is 0 Å². The number of fused-ring (bicyclic) bond motifs is 1. The Kier molecular flexibility index (Phi) is 6.04. The fourth-order valence-electron chi connectivity index (χ4n) is 4.49. The molecule has 0 saturated heterocycles. The van der Waals surface area contributed by atoms with Gasteiger partial charge >= 0.3 is 0 Å². The van der Waals surface area contributed by atoms with Crippen molar-refractivity contribution in [1.29, 1.82) is 0 Å². The highest BCUT2D eigenvalue weighted by Gasteiger charge is 2.36. The number of rotatable bonds is 6. The van der Waals surface area contributed by atoms with Gasteiger partial charge in [0.2, 0.25) is 5.91 Å². The summed E-state index contributed by atoms with van der Waals surface area (Å²) in [6.07, 6.45) is 7.77. The second-order valence-electron chi connectivity index (χ2n) is 10.2. The Morgan fingerprint density at radius 2 is 1.87 bits per heavy atom. The number of para-hydroxylation sites is 1. The summed E-state index contributed by atoms with van der Waals surface area (Å²) in [5.74, 6) is -0.554. The summed E-state index contributed by atoms with van der Waals surface area (Å²) in [6.45, 7) is 6.37. The lowest BCUT2D eigenvalue weighted by Crippen LogP contribution is -2.54. The Hall–Kier alpha value is -2.44. The number of hydrogen-bond donors (Lipinski definition) is 2. The average Bonchev–Trinajstić information content (AvgIpc) is 3.45. The summed E-state index contributed by atoms with van der Waals surface area (Å²) in [4.78, 5) is 26.0. The van der Waals surface area contributed by atoms with E-state index in [1.54, 1.807) is 16.8 Å². The van der Waals surface area contributed by atoms with Crippen molar-refractivity contribution in [2.45, 2.75) is 84.3 Å². The molecule has 168 valence electrons. The number of nitrogens with zero attached hydrogens (tertiary/aromatic N) is 2. The van der Waals surface area contributed by atoms with Crippen LogP contribution in [0.1, 0.15) is 76.2 Å². The highest BCUT2D eigenvalue weighted by Crippen LogP contribution is 2.29. The lowest BCUT2D eigenvalue weighted by atomic mass is 9.86. The molecular formula is C24H33FN4O2. The third kappa shape index (κ3) is 4.91. The predicted octanol–water partition coefficient (Wildman–Crippen LogP) is 4.18. The fourth-order valence-corrected chi connectivity index (χ4v) is 4.49. The van der Waals surface area contributed by atoms with Gasteiger partial charge in [-0.3, -0.25) is 14.3 Å². The second kappa shape index (κ2) is 8.60. The van der Waals surface area contributed by atoms with Gasteiger partial charge in [0.15, 0.2) is 5.69 Å². The van der Waals surface area contributed by atoms with Gasteiger partial charge in [-0.05, 0) is 43.1 Å². The number of carbonyl (C=O) groups excluding carboxylic acids is 2. The van der Waals surface area contributed by atoms with Gasteiger partial charge in [-0.15, -0.1) is 0 Å². The Morgan fingerprint density at radius 1 is 1.16 bits per heavy atom. The lowest BCUT2D eigenvalue weighted by Gasteiger charge is -2.30. The Balaban J connectivity index is 1.62. The molecule has 1 aromatic heterocycles. The van der Waals surface area contributed by atoms with Crippen molar-refractivity contribution < 1.29 is 14.0 Å². The van der Waals surface area contributed by atoms with Gasteiger partial charge in [0.1, 0.15) is 17.4 Å². The molecule has 4 rings (SSSR count). The molecule has 2 saturated carbocycles. The van der Waals surface area contributed by atoms with Gasteiger partial charge < -0.3 is 10.6 Å². The number of aromatic nitrogens is 2. The summed E-state index contributed by atoms with van der Waals surface area (Å²) in [5, 5.41) is 10.9. The van der Waals surface area contributed by atoms with Crippen LogP contribution in [0.2, 0.25) is 0 Å². The van der Waals surface area contributed by atoms with E-state index in [0.29, 0.717) is 23.4 Å². The molecule has 31 heavy (non-hydrogen) atoms. The van der Waals surface area contributed by atoms with E-state index in [-0.39, 0.29) is 23.5 Å². The van der Waals surface area contributed by atoms with E-state index in [1.165, 1.54) is 25.3 Å². The lowest BCUT2D eigenvalue weighted by molar-refractivity contribution is -0.125. The Labute approximate surface area is 183 Å². The Morgan fingerprint density at radius 3 is 2.52 bits per heavy atom. The summed E-state index contributed by atoms with van der Waals surface area (Å²) < 4.78 is 16.4. The second-order valence-corrected chi connectivity index (χ2v) is 10.2. The van der Waals surface area contributed by atoms with E-state index in [1.807, 2.05) is 20.8 Å². The molecular weight excluding hydrogens is 395 g/mol.